The van der Waals surface area contributed by atoms with Crippen LogP contribution in [0.25, 0.3) is 0 Å². The first kappa shape index (κ1) is 24.2. The monoisotopic (exact) mass is 455 g/mol. The maximum Gasteiger partial charge on any atom is 0.306 e. The minimum absolute atomic E-state index is 0.100. The van der Waals surface area contributed by atoms with Crippen molar-refractivity contribution in [1.29, 1.82) is 0 Å². The van der Waals surface area contributed by atoms with Crippen molar-refractivity contribution in [3.05, 3.63) is 52.8 Å². The van der Waals surface area contributed by atoms with E-state index in [0.717, 1.165) is 54.5 Å². The van der Waals surface area contributed by atoms with Crippen LogP contribution in [0.15, 0.2) is 35.5 Å². The van der Waals surface area contributed by atoms with E-state index in [1.165, 1.54) is 17.3 Å². The first-order chi connectivity index (χ1) is 15.4. The van der Waals surface area contributed by atoms with Gasteiger partial charge in [-0.15, -0.1) is 0 Å². The van der Waals surface area contributed by atoms with Crippen molar-refractivity contribution in [3.63, 3.8) is 0 Å². The van der Waals surface area contributed by atoms with Gasteiger partial charge >= 0.3 is 5.97 Å². The highest BCUT2D eigenvalue weighted by Gasteiger charge is 2.28. The fourth-order valence-corrected chi connectivity index (χ4v) is 4.71. The molecule has 1 amide bonds. The number of benzene rings is 1. The van der Waals surface area contributed by atoms with Crippen molar-refractivity contribution in [2.45, 2.75) is 64.1 Å². The van der Waals surface area contributed by atoms with Gasteiger partial charge < -0.3 is 9.64 Å². The van der Waals surface area contributed by atoms with Gasteiger partial charge in [0.15, 0.2) is 11.3 Å². The van der Waals surface area contributed by atoms with Crippen molar-refractivity contribution in [2.24, 2.45) is 5.92 Å². The van der Waals surface area contributed by atoms with Crippen LogP contribution < -0.4 is 0 Å². The average Bonchev–Trinajstić information content (AvgIpc) is 2.79. The molecule has 2 heterocycles. The maximum absolute atomic E-state index is 12.8. The summed E-state index contributed by atoms with van der Waals surface area (Å²) in [5, 5.41) is 0.734. The molecule has 1 fully saturated rings. The Labute approximate surface area is 195 Å². The van der Waals surface area contributed by atoms with Gasteiger partial charge in [0, 0.05) is 30.9 Å². The molecule has 1 saturated heterocycles. The second kappa shape index (κ2) is 11.5. The number of carbonyl (C=O) groups excluding carboxylic acids is 2. The summed E-state index contributed by atoms with van der Waals surface area (Å²) in [6.45, 7) is 6.97. The maximum atomic E-state index is 12.8. The molecule has 0 saturated carbocycles. The quantitative estimate of drug-likeness (QED) is 0.338. The van der Waals surface area contributed by atoms with E-state index < -0.39 is 6.10 Å². The summed E-state index contributed by atoms with van der Waals surface area (Å²) in [6, 6.07) is 10.5. The van der Waals surface area contributed by atoms with E-state index in [0.29, 0.717) is 12.3 Å². The summed E-state index contributed by atoms with van der Waals surface area (Å²) in [5.74, 6) is 0.125. The molecule has 1 aliphatic rings. The van der Waals surface area contributed by atoms with E-state index in [2.05, 4.69) is 34.2 Å². The number of rotatable bonds is 8. The Hall–Kier alpha value is -2.41. The number of esters is 1. The van der Waals surface area contributed by atoms with Crippen LogP contribution in [0.3, 0.4) is 0 Å². The average molecular weight is 456 g/mol. The lowest BCUT2D eigenvalue weighted by Gasteiger charge is -2.33. The Morgan fingerprint density at radius 2 is 1.75 bits per heavy atom. The Morgan fingerprint density at radius 1 is 1.12 bits per heavy atom. The summed E-state index contributed by atoms with van der Waals surface area (Å²) in [7, 11) is 0. The molecule has 0 radical (unpaired) electrons. The topological polar surface area (TPSA) is 72.4 Å². The molecule has 3 rings (SSSR count). The highest BCUT2D eigenvalue weighted by atomic mass is 32.2. The van der Waals surface area contributed by atoms with Gasteiger partial charge in [-0.2, -0.15) is 0 Å². The first-order valence-corrected chi connectivity index (χ1v) is 12.5. The Balaban J connectivity index is 1.44. The van der Waals surface area contributed by atoms with Crippen molar-refractivity contribution < 1.29 is 14.3 Å². The lowest BCUT2D eigenvalue weighted by Crippen LogP contribution is -2.44. The van der Waals surface area contributed by atoms with Crippen LogP contribution in [0.2, 0.25) is 0 Å². The van der Waals surface area contributed by atoms with E-state index in [4.69, 9.17) is 4.74 Å². The summed E-state index contributed by atoms with van der Waals surface area (Å²) in [5.41, 5.74) is 4.09. The van der Waals surface area contributed by atoms with Crippen LogP contribution in [0.5, 0.6) is 0 Å². The number of aryl methyl sites for hydroxylation is 2. The van der Waals surface area contributed by atoms with Crippen LogP contribution in [0.1, 0.15) is 48.7 Å². The molecule has 0 aliphatic carbocycles. The Morgan fingerprint density at radius 3 is 2.34 bits per heavy atom. The summed E-state index contributed by atoms with van der Waals surface area (Å²) < 4.78 is 5.46. The minimum atomic E-state index is -0.759. The lowest BCUT2D eigenvalue weighted by atomic mass is 9.90. The minimum Gasteiger partial charge on any atom is -0.453 e. The van der Waals surface area contributed by atoms with Crippen molar-refractivity contribution >= 4 is 23.6 Å². The van der Waals surface area contributed by atoms with Gasteiger partial charge in [0.05, 0.1) is 0 Å². The summed E-state index contributed by atoms with van der Waals surface area (Å²) in [6.07, 6.45) is 4.91. The molecule has 7 heteroatoms. The van der Waals surface area contributed by atoms with Crippen molar-refractivity contribution in [2.75, 3.05) is 19.3 Å². The lowest BCUT2D eigenvalue weighted by molar-refractivity contribution is -0.159. The number of aromatic nitrogens is 2. The fraction of sp³-hybridized carbons (Fsp3) is 0.520. The zero-order chi connectivity index (χ0) is 23.1. The van der Waals surface area contributed by atoms with Gasteiger partial charge in [0.2, 0.25) is 0 Å². The number of hydrogen-bond acceptors (Lipinski definition) is 6. The van der Waals surface area contributed by atoms with Gasteiger partial charge in [0.25, 0.3) is 5.91 Å². The van der Waals surface area contributed by atoms with Crippen LogP contribution in [-0.2, 0) is 27.2 Å². The SMILES string of the molecule is CSc1nc(C)c(CCC(=O)OC(C)C(=O)N2CCC(Cc3ccccc3)CC2)c(C)n1. The van der Waals surface area contributed by atoms with Gasteiger partial charge in [-0.25, -0.2) is 9.97 Å². The molecule has 6 nitrogen and oxygen atoms in total. The van der Waals surface area contributed by atoms with Crippen molar-refractivity contribution in [1.82, 2.24) is 14.9 Å². The molecule has 1 atom stereocenters. The highest BCUT2D eigenvalue weighted by molar-refractivity contribution is 7.98. The molecule has 1 aromatic heterocycles. The van der Waals surface area contributed by atoms with E-state index in [1.807, 2.05) is 31.1 Å². The molecule has 32 heavy (non-hydrogen) atoms. The number of ether oxygens (including phenoxy) is 1. The van der Waals surface area contributed by atoms with E-state index >= 15 is 0 Å². The third-order valence-corrected chi connectivity index (χ3v) is 6.66. The number of likely N-dealkylation sites (tertiary alicyclic amines) is 1. The number of piperidine rings is 1. The van der Waals surface area contributed by atoms with E-state index in [1.54, 1.807) is 6.92 Å². The fourth-order valence-electron chi connectivity index (χ4n) is 4.26. The number of nitrogens with zero attached hydrogens (tertiary/aromatic N) is 3. The predicted molar refractivity (Wildman–Crippen MR) is 127 cm³/mol. The molecule has 0 bridgehead atoms. The number of thioether (sulfide) groups is 1. The smallest absolute Gasteiger partial charge is 0.306 e. The van der Waals surface area contributed by atoms with E-state index in [9.17, 15) is 9.59 Å². The number of carbonyl (C=O) groups is 2. The number of amides is 1. The van der Waals surface area contributed by atoms with Crippen LogP contribution in [0.4, 0.5) is 0 Å². The van der Waals surface area contributed by atoms with Crippen LogP contribution >= 0.6 is 11.8 Å². The zero-order valence-electron chi connectivity index (χ0n) is 19.5. The number of hydrogen-bond donors (Lipinski definition) is 0. The van der Waals surface area contributed by atoms with Gasteiger partial charge in [-0.1, -0.05) is 42.1 Å². The second-order valence-corrected chi connectivity index (χ2v) is 9.22. The normalized spacial score (nSPS) is 15.4. The predicted octanol–water partition coefficient (Wildman–Crippen LogP) is 4.16. The molecular formula is C25H33N3O3S. The molecule has 0 spiro atoms. The zero-order valence-corrected chi connectivity index (χ0v) is 20.3. The molecule has 1 aromatic carbocycles. The van der Waals surface area contributed by atoms with Gasteiger partial charge in [0.1, 0.15) is 0 Å². The molecule has 172 valence electrons. The first-order valence-electron chi connectivity index (χ1n) is 11.3. The van der Waals surface area contributed by atoms with Crippen LogP contribution in [-0.4, -0.2) is 52.2 Å². The largest absolute Gasteiger partial charge is 0.453 e. The third kappa shape index (κ3) is 6.55. The standard InChI is InChI=1S/C25H33N3O3S/c1-17-22(18(2)27-25(26-17)32-4)10-11-23(29)31-19(3)24(30)28-14-12-21(13-15-28)16-20-8-6-5-7-9-20/h5-9,19,21H,10-16H2,1-4H3. The third-order valence-electron chi connectivity index (χ3n) is 6.11. The van der Waals surface area contributed by atoms with E-state index in [-0.39, 0.29) is 18.3 Å². The van der Waals surface area contributed by atoms with Crippen molar-refractivity contribution in [3.8, 4) is 0 Å². The highest BCUT2D eigenvalue weighted by Crippen LogP contribution is 2.23. The molecular weight excluding hydrogens is 422 g/mol. The summed E-state index contributed by atoms with van der Waals surface area (Å²) in [4.78, 5) is 35.9. The van der Waals surface area contributed by atoms with Crippen LogP contribution in [0, 0.1) is 19.8 Å². The second-order valence-electron chi connectivity index (χ2n) is 8.45. The molecule has 2 aromatic rings. The molecule has 1 aliphatic heterocycles. The van der Waals surface area contributed by atoms with Gasteiger partial charge in [-0.3, -0.25) is 9.59 Å². The summed E-state index contributed by atoms with van der Waals surface area (Å²) >= 11 is 1.50. The Bertz CT molecular complexity index is 904. The Kier molecular flexibility index (Phi) is 8.67. The molecule has 1 unspecified atom stereocenters. The van der Waals surface area contributed by atoms with Gasteiger partial charge in [-0.05, 0) is 69.8 Å². The molecule has 0 N–H and O–H groups in total.